The molecule has 0 spiro atoms. The number of nitrogens with zero attached hydrogens (tertiary/aromatic N) is 2. The van der Waals surface area contributed by atoms with Gasteiger partial charge in [-0.2, -0.15) is 5.10 Å². The molecule has 1 atom stereocenters. The van der Waals surface area contributed by atoms with E-state index in [2.05, 4.69) is 40.6 Å². The molecule has 0 radical (unpaired) electrons. The van der Waals surface area contributed by atoms with Gasteiger partial charge in [0.1, 0.15) is 0 Å². The quantitative estimate of drug-likeness (QED) is 0.204. The van der Waals surface area contributed by atoms with E-state index in [-0.39, 0.29) is 6.61 Å². The van der Waals surface area contributed by atoms with Gasteiger partial charge in [0.15, 0.2) is 10.6 Å². The summed E-state index contributed by atoms with van der Waals surface area (Å²) in [6.45, 7) is 12.0. The second-order valence-corrected chi connectivity index (χ2v) is 7.72. The molecule has 0 amide bonds. The van der Waals surface area contributed by atoms with Crippen LogP contribution in [0, 0.1) is 12.8 Å². The zero-order valence-corrected chi connectivity index (χ0v) is 17.9. The zero-order valence-electron chi connectivity index (χ0n) is 17.1. The maximum absolute atomic E-state index is 11.5. The van der Waals surface area contributed by atoms with Crippen LogP contribution in [-0.2, 0) is 15.9 Å². The van der Waals surface area contributed by atoms with Crippen LogP contribution in [0.5, 0.6) is 0 Å². The number of benzene rings is 1. The molecule has 150 valence electrons. The van der Waals surface area contributed by atoms with Crippen molar-refractivity contribution in [3.63, 3.8) is 0 Å². The molecule has 1 aromatic carbocycles. The monoisotopic (exact) mass is 393 g/mol. The lowest BCUT2D eigenvalue weighted by molar-refractivity contribution is 0.0553. The fourth-order valence-corrected chi connectivity index (χ4v) is 2.88. The second-order valence-electron chi connectivity index (χ2n) is 6.44. The minimum absolute atomic E-state index is 0.276. The predicted molar refractivity (Wildman–Crippen MR) is 115 cm³/mol. The van der Waals surface area contributed by atoms with Crippen molar-refractivity contribution < 1.29 is 14.3 Å². The van der Waals surface area contributed by atoms with E-state index in [1.54, 1.807) is 20.1 Å². The lowest BCUT2D eigenvalue weighted by atomic mass is 10.1. The summed E-state index contributed by atoms with van der Waals surface area (Å²) in [5.41, 5.74) is 2.89. The second kappa shape index (κ2) is 12.4. The van der Waals surface area contributed by atoms with Gasteiger partial charge in [-0.15, -0.1) is 5.10 Å². The first-order chi connectivity index (χ1) is 12.8. The Bertz CT molecular complexity index is 660. The van der Waals surface area contributed by atoms with E-state index >= 15 is 0 Å². The van der Waals surface area contributed by atoms with E-state index in [9.17, 15) is 4.79 Å². The molecule has 0 heterocycles. The van der Waals surface area contributed by atoms with Crippen molar-refractivity contribution >= 4 is 35.0 Å². The molecule has 1 N–H and O–H groups in total. The molecule has 0 aliphatic heterocycles. The molecule has 0 bridgehead atoms. The van der Waals surface area contributed by atoms with Crippen molar-refractivity contribution in [3.05, 3.63) is 29.3 Å². The Morgan fingerprint density at radius 2 is 2.04 bits per heavy atom. The summed E-state index contributed by atoms with van der Waals surface area (Å²) in [5, 5.41) is 12.3. The summed E-state index contributed by atoms with van der Waals surface area (Å²) in [6.07, 6.45) is 3.09. The van der Waals surface area contributed by atoms with Crippen LogP contribution in [-0.4, -0.2) is 29.6 Å². The van der Waals surface area contributed by atoms with Crippen molar-refractivity contribution in [1.29, 1.82) is 0 Å². The summed E-state index contributed by atoms with van der Waals surface area (Å²) in [4.78, 5) is 11.5. The number of carbonyl (C=O) groups excluding carboxylic acids is 1. The molecule has 0 aliphatic rings. The molecule has 0 fully saturated rings. The maximum atomic E-state index is 11.5. The Morgan fingerprint density at radius 3 is 2.67 bits per heavy atom. The fraction of sp³-hybridized carbons (Fsp3) is 0.550. The Labute approximate surface area is 166 Å². The minimum atomic E-state index is -0.690. The van der Waals surface area contributed by atoms with Crippen molar-refractivity contribution in [3.8, 4) is 0 Å². The minimum Gasteiger partial charge on any atom is -0.435 e. The van der Waals surface area contributed by atoms with Gasteiger partial charge in [0.25, 0.3) is 0 Å². The van der Waals surface area contributed by atoms with Crippen LogP contribution in [0.25, 0.3) is 0 Å². The third kappa shape index (κ3) is 9.47. The first kappa shape index (κ1) is 23.0. The Hall–Kier alpha value is -2.02. The topological polar surface area (TPSA) is 72.3 Å². The van der Waals surface area contributed by atoms with E-state index in [0.717, 1.165) is 24.1 Å². The number of hydrogen-bond acceptors (Lipinski definition) is 6. The summed E-state index contributed by atoms with van der Waals surface area (Å²) < 4.78 is 10.0. The summed E-state index contributed by atoms with van der Waals surface area (Å²) in [6, 6.07) is 6.31. The van der Waals surface area contributed by atoms with Gasteiger partial charge < -0.3 is 14.8 Å². The molecule has 0 aromatic heterocycles. The molecular weight excluding hydrogens is 362 g/mol. The highest BCUT2D eigenvalue weighted by Gasteiger charge is 2.15. The average molecular weight is 394 g/mol. The third-order valence-electron chi connectivity index (χ3n) is 3.34. The van der Waals surface area contributed by atoms with Crippen molar-refractivity contribution in [1.82, 2.24) is 0 Å². The van der Waals surface area contributed by atoms with Crippen molar-refractivity contribution in [2.75, 3.05) is 11.9 Å². The van der Waals surface area contributed by atoms with Crippen LogP contribution in [0.1, 0.15) is 52.2 Å². The first-order valence-corrected chi connectivity index (χ1v) is 10.2. The standard InChI is InChI=1S/C20H31N3O3S/c1-7-9-17-11-10-15(5)12-18(17)22-19(23-21-13-14(3)4)27-16(6)26-20(24)25-8-2/h10-14,16H,7-9H2,1-6H3,(H,22,23)/b21-13+. The van der Waals surface area contributed by atoms with Gasteiger partial charge in [-0.05, 0) is 62.1 Å². The number of amidine groups is 1. The van der Waals surface area contributed by atoms with Crippen molar-refractivity contribution in [2.24, 2.45) is 16.1 Å². The summed E-state index contributed by atoms with van der Waals surface area (Å²) >= 11 is 1.28. The van der Waals surface area contributed by atoms with Crippen LogP contribution < -0.4 is 5.32 Å². The molecule has 0 aliphatic carbocycles. The Morgan fingerprint density at radius 1 is 1.30 bits per heavy atom. The highest BCUT2D eigenvalue weighted by molar-refractivity contribution is 8.14. The van der Waals surface area contributed by atoms with E-state index in [4.69, 9.17) is 9.47 Å². The Balaban J connectivity index is 2.98. The molecule has 0 saturated heterocycles. The SMILES string of the molecule is CCCc1ccc(C)cc1N/C(=N/N=C/C(C)C)SC(C)OC(=O)OCC. The number of nitrogens with one attached hydrogen (secondary N) is 1. The number of hydrogen-bond donors (Lipinski definition) is 1. The van der Waals surface area contributed by atoms with E-state index in [0.29, 0.717) is 11.1 Å². The fourth-order valence-electron chi connectivity index (χ4n) is 2.17. The normalized spacial score (nSPS) is 13.1. The van der Waals surface area contributed by atoms with Crippen LogP contribution in [0.4, 0.5) is 10.5 Å². The van der Waals surface area contributed by atoms with Crippen LogP contribution in [0.15, 0.2) is 28.4 Å². The van der Waals surface area contributed by atoms with Crippen LogP contribution in [0.2, 0.25) is 0 Å². The lowest BCUT2D eigenvalue weighted by Gasteiger charge is -2.16. The van der Waals surface area contributed by atoms with Crippen molar-refractivity contribution in [2.45, 2.75) is 59.8 Å². The average Bonchev–Trinajstić information content (AvgIpc) is 2.57. The van der Waals surface area contributed by atoms with Gasteiger partial charge in [-0.25, -0.2) is 4.79 Å². The highest BCUT2D eigenvalue weighted by atomic mass is 32.2. The molecule has 1 unspecified atom stereocenters. The molecule has 0 saturated carbocycles. The Kier molecular flexibility index (Phi) is 10.6. The van der Waals surface area contributed by atoms with E-state index in [1.165, 1.54) is 17.3 Å². The number of thioether (sulfide) groups is 1. The van der Waals surface area contributed by atoms with Gasteiger partial charge in [0.2, 0.25) is 0 Å². The zero-order chi connectivity index (χ0) is 20.2. The molecule has 27 heavy (non-hydrogen) atoms. The molecule has 7 heteroatoms. The number of rotatable bonds is 8. The highest BCUT2D eigenvalue weighted by Crippen LogP contribution is 2.23. The van der Waals surface area contributed by atoms with E-state index < -0.39 is 11.6 Å². The van der Waals surface area contributed by atoms with Gasteiger partial charge in [0, 0.05) is 11.9 Å². The van der Waals surface area contributed by atoms with Gasteiger partial charge >= 0.3 is 6.16 Å². The van der Waals surface area contributed by atoms with Crippen LogP contribution >= 0.6 is 11.8 Å². The van der Waals surface area contributed by atoms with E-state index in [1.807, 2.05) is 20.8 Å². The maximum Gasteiger partial charge on any atom is 0.509 e. The van der Waals surface area contributed by atoms with Gasteiger partial charge in [0.05, 0.1) is 6.61 Å². The van der Waals surface area contributed by atoms with Crippen LogP contribution in [0.3, 0.4) is 0 Å². The molecule has 1 rings (SSSR count). The largest absolute Gasteiger partial charge is 0.509 e. The molecule has 1 aromatic rings. The molecular formula is C20H31N3O3S. The van der Waals surface area contributed by atoms with Gasteiger partial charge in [-0.1, -0.05) is 39.3 Å². The van der Waals surface area contributed by atoms with Gasteiger partial charge in [-0.3, -0.25) is 0 Å². The smallest absolute Gasteiger partial charge is 0.435 e. The third-order valence-corrected chi connectivity index (χ3v) is 4.18. The molecule has 6 nitrogen and oxygen atoms in total. The predicted octanol–water partition coefficient (Wildman–Crippen LogP) is 5.61. The number of carbonyl (C=O) groups is 1. The lowest BCUT2D eigenvalue weighted by Crippen LogP contribution is -2.18. The summed E-state index contributed by atoms with van der Waals surface area (Å²) in [5.74, 6) is 0.294. The number of anilines is 1. The first-order valence-electron chi connectivity index (χ1n) is 9.33. The number of aryl methyl sites for hydroxylation is 2. The summed E-state index contributed by atoms with van der Waals surface area (Å²) in [7, 11) is 0. The number of ether oxygens (including phenoxy) is 2.